The molecule has 0 unspecified atom stereocenters. The van der Waals surface area contributed by atoms with E-state index in [1.54, 1.807) is 50.6 Å². The van der Waals surface area contributed by atoms with E-state index in [4.69, 9.17) is 9.47 Å². The Labute approximate surface area is 170 Å². The van der Waals surface area contributed by atoms with E-state index in [2.05, 4.69) is 26.2 Å². The predicted octanol–water partition coefficient (Wildman–Crippen LogP) is 2.12. The molecule has 0 saturated carbocycles. The standard InChI is InChI=1S/C18H18N6O4S/c1-27-13-9-7-12(8-10-13)19-17(26)20-16(25)11-29-18-21-22-23-24(18)14-5-3-4-6-15(14)28-2/h3-10H,11H2,1-2H3,(H2,19,20,25,26). The first kappa shape index (κ1) is 20.1. The summed E-state index contributed by atoms with van der Waals surface area (Å²) in [5.41, 5.74) is 1.17. The Morgan fingerprint density at radius 1 is 1.07 bits per heavy atom. The first-order valence-electron chi connectivity index (χ1n) is 8.40. The van der Waals surface area contributed by atoms with Gasteiger partial charge in [-0.15, -0.1) is 5.10 Å². The van der Waals surface area contributed by atoms with Gasteiger partial charge in [0.05, 0.1) is 20.0 Å². The molecule has 3 rings (SSSR count). The maximum atomic E-state index is 12.1. The lowest BCUT2D eigenvalue weighted by atomic mass is 10.3. The molecule has 0 aliphatic heterocycles. The number of aromatic nitrogens is 4. The summed E-state index contributed by atoms with van der Waals surface area (Å²) in [6, 6.07) is 13.3. The normalized spacial score (nSPS) is 10.3. The fraction of sp³-hybridized carbons (Fsp3) is 0.167. The van der Waals surface area contributed by atoms with Crippen molar-refractivity contribution in [1.82, 2.24) is 25.5 Å². The van der Waals surface area contributed by atoms with Crippen molar-refractivity contribution in [2.45, 2.75) is 5.16 Å². The van der Waals surface area contributed by atoms with Crippen LogP contribution >= 0.6 is 11.8 Å². The van der Waals surface area contributed by atoms with Crippen LogP contribution in [0.3, 0.4) is 0 Å². The monoisotopic (exact) mass is 414 g/mol. The number of amides is 3. The van der Waals surface area contributed by atoms with Gasteiger partial charge in [-0.3, -0.25) is 10.1 Å². The van der Waals surface area contributed by atoms with Crippen LogP contribution in [0.25, 0.3) is 5.69 Å². The maximum Gasteiger partial charge on any atom is 0.325 e. The Kier molecular flexibility index (Phi) is 6.63. The van der Waals surface area contributed by atoms with Gasteiger partial charge >= 0.3 is 6.03 Å². The van der Waals surface area contributed by atoms with Crippen LogP contribution in [-0.4, -0.2) is 52.1 Å². The summed E-state index contributed by atoms with van der Waals surface area (Å²) in [6.07, 6.45) is 0. The molecule has 0 aliphatic carbocycles. The molecule has 0 radical (unpaired) electrons. The van der Waals surface area contributed by atoms with Gasteiger partial charge in [0, 0.05) is 5.69 Å². The van der Waals surface area contributed by atoms with Crippen LogP contribution in [0.1, 0.15) is 0 Å². The van der Waals surface area contributed by atoms with E-state index in [1.807, 2.05) is 12.1 Å². The van der Waals surface area contributed by atoms with Gasteiger partial charge in [0.2, 0.25) is 11.1 Å². The highest BCUT2D eigenvalue weighted by Crippen LogP contribution is 2.25. The average Bonchev–Trinajstić information content (AvgIpc) is 3.21. The van der Waals surface area contributed by atoms with Crippen LogP contribution in [0, 0.1) is 0 Å². The number of ether oxygens (including phenoxy) is 2. The lowest BCUT2D eigenvalue weighted by Gasteiger charge is -2.09. The number of methoxy groups -OCH3 is 2. The fourth-order valence-electron chi connectivity index (χ4n) is 2.35. The van der Waals surface area contributed by atoms with Gasteiger partial charge in [-0.25, -0.2) is 4.79 Å². The Bertz CT molecular complexity index is 992. The summed E-state index contributed by atoms with van der Waals surface area (Å²) < 4.78 is 11.8. The summed E-state index contributed by atoms with van der Waals surface area (Å²) in [5, 5.41) is 16.7. The van der Waals surface area contributed by atoms with Crippen molar-refractivity contribution in [2.24, 2.45) is 0 Å². The molecule has 3 amide bonds. The van der Waals surface area contributed by atoms with Crippen LogP contribution < -0.4 is 20.1 Å². The lowest BCUT2D eigenvalue weighted by Crippen LogP contribution is -2.35. The summed E-state index contributed by atoms with van der Waals surface area (Å²) in [6.45, 7) is 0. The maximum absolute atomic E-state index is 12.1. The molecule has 29 heavy (non-hydrogen) atoms. The summed E-state index contributed by atoms with van der Waals surface area (Å²) >= 11 is 1.09. The molecule has 1 aromatic heterocycles. The number of para-hydroxylation sites is 2. The van der Waals surface area contributed by atoms with Gasteiger partial charge in [-0.1, -0.05) is 23.9 Å². The van der Waals surface area contributed by atoms with Crippen molar-refractivity contribution in [1.29, 1.82) is 0 Å². The highest BCUT2D eigenvalue weighted by molar-refractivity contribution is 7.99. The Hall–Kier alpha value is -3.60. The van der Waals surface area contributed by atoms with Crippen molar-refractivity contribution in [2.75, 3.05) is 25.3 Å². The van der Waals surface area contributed by atoms with Crippen LogP contribution in [-0.2, 0) is 4.79 Å². The van der Waals surface area contributed by atoms with Crippen LogP contribution in [0.15, 0.2) is 53.7 Å². The number of rotatable bonds is 7. The number of carbonyl (C=O) groups is 2. The predicted molar refractivity (Wildman–Crippen MR) is 107 cm³/mol. The van der Waals surface area contributed by atoms with E-state index in [0.717, 1.165) is 11.8 Å². The summed E-state index contributed by atoms with van der Waals surface area (Å²) in [4.78, 5) is 24.1. The minimum Gasteiger partial charge on any atom is -0.497 e. The molecule has 150 valence electrons. The van der Waals surface area contributed by atoms with E-state index >= 15 is 0 Å². The Morgan fingerprint density at radius 2 is 1.83 bits per heavy atom. The third kappa shape index (κ3) is 5.23. The molecule has 10 nitrogen and oxygen atoms in total. The third-order valence-corrected chi connectivity index (χ3v) is 4.61. The van der Waals surface area contributed by atoms with Crippen molar-refractivity contribution < 1.29 is 19.1 Å². The van der Waals surface area contributed by atoms with Crippen LogP contribution in [0.5, 0.6) is 11.5 Å². The average molecular weight is 414 g/mol. The molecule has 0 bridgehead atoms. The first-order valence-corrected chi connectivity index (χ1v) is 9.38. The van der Waals surface area contributed by atoms with E-state index in [0.29, 0.717) is 28.0 Å². The lowest BCUT2D eigenvalue weighted by molar-refractivity contribution is -0.117. The zero-order valence-corrected chi connectivity index (χ0v) is 16.5. The number of carbonyl (C=O) groups excluding carboxylic acids is 2. The number of imide groups is 1. The number of tetrazole rings is 1. The van der Waals surface area contributed by atoms with Gasteiger partial charge in [-0.05, 0) is 46.8 Å². The molecule has 11 heteroatoms. The topological polar surface area (TPSA) is 120 Å². The van der Waals surface area contributed by atoms with Crippen LogP contribution in [0.4, 0.5) is 10.5 Å². The van der Waals surface area contributed by atoms with Crippen molar-refractivity contribution in [3.8, 4) is 17.2 Å². The number of benzene rings is 2. The zero-order chi connectivity index (χ0) is 20.6. The second-order valence-corrected chi connectivity index (χ2v) is 6.51. The second-order valence-electron chi connectivity index (χ2n) is 5.56. The minimum absolute atomic E-state index is 0.0500. The molecule has 1 heterocycles. The zero-order valence-electron chi connectivity index (χ0n) is 15.7. The molecule has 0 aliphatic rings. The molecular weight excluding hydrogens is 396 g/mol. The first-order chi connectivity index (χ1) is 14.1. The summed E-state index contributed by atoms with van der Waals surface area (Å²) in [7, 11) is 3.10. The van der Waals surface area contributed by atoms with E-state index in [-0.39, 0.29) is 5.75 Å². The number of urea groups is 1. The van der Waals surface area contributed by atoms with Gasteiger partial charge < -0.3 is 14.8 Å². The largest absolute Gasteiger partial charge is 0.497 e. The van der Waals surface area contributed by atoms with Gasteiger partial charge in [0.25, 0.3) is 0 Å². The Balaban J connectivity index is 1.56. The van der Waals surface area contributed by atoms with E-state index < -0.39 is 11.9 Å². The molecule has 0 atom stereocenters. The molecule has 0 saturated heterocycles. The fourth-order valence-corrected chi connectivity index (χ4v) is 3.04. The van der Waals surface area contributed by atoms with Crippen molar-refractivity contribution in [3.63, 3.8) is 0 Å². The molecular formula is C18H18N6O4S. The van der Waals surface area contributed by atoms with Crippen molar-refractivity contribution >= 4 is 29.4 Å². The summed E-state index contributed by atoms with van der Waals surface area (Å²) in [5.74, 6) is 0.711. The quantitative estimate of drug-likeness (QED) is 0.564. The molecule has 0 spiro atoms. The minimum atomic E-state index is -0.634. The molecule has 3 aromatic rings. The second kappa shape index (κ2) is 9.55. The van der Waals surface area contributed by atoms with Crippen molar-refractivity contribution in [3.05, 3.63) is 48.5 Å². The van der Waals surface area contributed by atoms with E-state index in [9.17, 15) is 9.59 Å². The Morgan fingerprint density at radius 3 is 2.55 bits per heavy atom. The van der Waals surface area contributed by atoms with Gasteiger partial charge in [0.15, 0.2) is 0 Å². The van der Waals surface area contributed by atoms with Crippen LogP contribution in [0.2, 0.25) is 0 Å². The number of anilines is 1. The number of hydrogen-bond donors (Lipinski definition) is 2. The molecule has 0 fully saturated rings. The SMILES string of the molecule is COc1ccc(NC(=O)NC(=O)CSc2nnnn2-c2ccccc2OC)cc1. The van der Waals surface area contributed by atoms with Gasteiger partial charge in [0.1, 0.15) is 17.2 Å². The third-order valence-electron chi connectivity index (χ3n) is 3.69. The number of nitrogens with zero attached hydrogens (tertiary/aromatic N) is 4. The van der Waals surface area contributed by atoms with Gasteiger partial charge in [-0.2, -0.15) is 4.68 Å². The number of nitrogens with one attached hydrogen (secondary N) is 2. The number of thioether (sulfide) groups is 1. The number of hydrogen-bond acceptors (Lipinski definition) is 8. The smallest absolute Gasteiger partial charge is 0.325 e. The highest BCUT2D eigenvalue weighted by Gasteiger charge is 2.15. The van der Waals surface area contributed by atoms with E-state index in [1.165, 1.54) is 4.68 Å². The molecule has 2 N–H and O–H groups in total. The molecule has 2 aromatic carbocycles. The highest BCUT2D eigenvalue weighted by atomic mass is 32.2.